The van der Waals surface area contributed by atoms with E-state index in [-0.39, 0.29) is 23.8 Å². The predicted octanol–water partition coefficient (Wildman–Crippen LogP) is 3.22. The Morgan fingerprint density at radius 3 is 2.43 bits per heavy atom. The monoisotopic (exact) mass is 401 g/mol. The molecule has 0 radical (unpaired) electrons. The quantitative estimate of drug-likeness (QED) is 0.689. The van der Waals surface area contributed by atoms with Crippen LogP contribution < -0.4 is 15.8 Å². The van der Waals surface area contributed by atoms with Crippen LogP contribution in [0.4, 0.5) is 5.69 Å². The number of rotatable bonds is 5. The van der Waals surface area contributed by atoms with Crippen molar-refractivity contribution in [3.05, 3.63) is 100.0 Å². The van der Waals surface area contributed by atoms with Crippen LogP contribution in [-0.4, -0.2) is 23.3 Å². The van der Waals surface area contributed by atoms with Gasteiger partial charge in [0.25, 0.3) is 11.5 Å². The van der Waals surface area contributed by atoms with Gasteiger partial charge in [-0.05, 0) is 42.2 Å². The van der Waals surface area contributed by atoms with Crippen LogP contribution in [0.3, 0.4) is 0 Å². The summed E-state index contributed by atoms with van der Waals surface area (Å²) in [4.78, 5) is 42.6. The Hall–Kier alpha value is -3.67. The molecule has 2 amide bonds. The number of nitrogens with one attached hydrogen (secondary N) is 2. The van der Waals surface area contributed by atoms with E-state index in [2.05, 4.69) is 10.3 Å². The second kappa shape index (κ2) is 8.78. The SMILES string of the molecule is O=C(NC(CC(=O)N1CCCc2cc[nH]c(=O)c21)c1ccccc1)c1ccccc1. The van der Waals surface area contributed by atoms with Crippen LogP contribution in [0.15, 0.2) is 77.7 Å². The van der Waals surface area contributed by atoms with Gasteiger partial charge in [0.15, 0.2) is 0 Å². The van der Waals surface area contributed by atoms with Crippen molar-refractivity contribution in [2.24, 2.45) is 0 Å². The Morgan fingerprint density at radius 1 is 1.00 bits per heavy atom. The fraction of sp³-hybridized carbons (Fsp3) is 0.208. The van der Waals surface area contributed by atoms with Gasteiger partial charge in [0.2, 0.25) is 5.91 Å². The van der Waals surface area contributed by atoms with E-state index in [1.165, 1.54) is 0 Å². The Bertz CT molecular complexity index is 1090. The molecule has 1 unspecified atom stereocenters. The molecule has 1 atom stereocenters. The standard InChI is InChI=1S/C24H23N3O3/c28-21(27-15-7-12-18-13-14-25-24(30)22(18)27)16-20(17-8-3-1-4-9-17)26-23(29)19-10-5-2-6-11-19/h1-6,8-11,13-14,20H,7,12,15-16H2,(H,25,30)(H,26,29). The molecule has 0 saturated carbocycles. The predicted molar refractivity (Wildman–Crippen MR) is 115 cm³/mol. The zero-order valence-corrected chi connectivity index (χ0v) is 16.5. The Balaban J connectivity index is 1.59. The molecule has 3 aromatic rings. The Labute approximate surface area is 174 Å². The number of aromatic amines is 1. The number of anilines is 1. The second-order valence-electron chi connectivity index (χ2n) is 7.34. The molecule has 0 fully saturated rings. The second-order valence-corrected chi connectivity index (χ2v) is 7.34. The van der Waals surface area contributed by atoms with Crippen LogP contribution >= 0.6 is 0 Å². The average molecular weight is 401 g/mol. The highest BCUT2D eigenvalue weighted by molar-refractivity contribution is 5.97. The van der Waals surface area contributed by atoms with Gasteiger partial charge in [0.1, 0.15) is 5.69 Å². The minimum Gasteiger partial charge on any atom is -0.345 e. The molecule has 6 nitrogen and oxygen atoms in total. The first-order valence-electron chi connectivity index (χ1n) is 10.1. The van der Waals surface area contributed by atoms with Gasteiger partial charge in [-0.15, -0.1) is 0 Å². The maximum Gasteiger partial charge on any atom is 0.272 e. The lowest BCUT2D eigenvalue weighted by molar-refractivity contribution is -0.119. The van der Waals surface area contributed by atoms with Crippen molar-refractivity contribution in [2.75, 3.05) is 11.4 Å². The largest absolute Gasteiger partial charge is 0.345 e. The highest BCUT2D eigenvalue weighted by atomic mass is 16.2. The number of carbonyl (C=O) groups is 2. The normalized spacial score (nSPS) is 13.9. The number of hydrogen-bond acceptors (Lipinski definition) is 3. The van der Waals surface area contributed by atoms with E-state index < -0.39 is 6.04 Å². The number of pyridine rings is 1. The van der Waals surface area contributed by atoms with E-state index in [1.54, 1.807) is 35.4 Å². The molecule has 0 spiro atoms. The number of aryl methyl sites for hydroxylation is 1. The van der Waals surface area contributed by atoms with Gasteiger partial charge in [0, 0.05) is 18.3 Å². The molecular formula is C24H23N3O3. The number of fused-ring (bicyclic) bond motifs is 1. The van der Waals surface area contributed by atoms with E-state index in [0.717, 1.165) is 24.0 Å². The van der Waals surface area contributed by atoms with E-state index in [9.17, 15) is 14.4 Å². The molecule has 0 bridgehead atoms. The molecule has 1 aliphatic rings. The lowest BCUT2D eigenvalue weighted by Crippen LogP contribution is -2.41. The number of aromatic nitrogens is 1. The van der Waals surface area contributed by atoms with Gasteiger partial charge in [-0.1, -0.05) is 48.5 Å². The lowest BCUT2D eigenvalue weighted by atomic mass is 9.99. The first-order chi connectivity index (χ1) is 14.6. The molecule has 4 rings (SSSR count). The minimum absolute atomic E-state index is 0.0658. The number of benzene rings is 2. The molecule has 0 saturated heterocycles. The lowest BCUT2D eigenvalue weighted by Gasteiger charge is -2.30. The molecule has 2 aromatic carbocycles. The molecule has 2 heterocycles. The first kappa shape index (κ1) is 19.6. The highest BCUT2D eigenvalue weighted by Gasteiger charge is 2.28. The summed E-state index contributed by atoms with van der Waals surface area (Å²) in [5.41, 5.74) is 2.42. The smallest absolute Gasteiger partial charge is 0.272 e. The number of carbonyl (C=O) groups excluding carboxylic acids is 2. The topological polar surface area (TPSA) is 82.3 Å². The van der Waals surface area contributed by atoms with Gasteiger partial charge in [-0.2, -0.15) is 0 Å². The molecule has 2 N–H and O–H groups in total. The van der Waals surface area contributed by atoms with Gasteiger partial charge < -0.3 is 15.2 Å². The number of amides is 2. The van der Waals surface area contributed by atoms with Crippen molar-refractivity contribution in [2.45, 2.75) is 25.3 Å². The van der Waals surface area contributed by atoms with Crippen molar-refractivity contribution in [1.29, 1.82) is 0 Å². The van der Waals surface area contributed by atoms with Gasteiger partial charge >= 0.3 is 0 Å². The number of H-pyrrole nitrogens is 1. The molecule has 30 heavy (non-hydrogen) atoms. The highest BCUT2D eigenvalue weighted by Crippen LogP contribution is 2.26. The Kier molecular flexibility index (Phi) is 5.75. The average Bonchev–Trinajstić information content (AvgIpc) is 2.79. The molecule has 1 aliphatic heterocycles. The van der Waals surface area contributed by atoms with E-state index >= 15 is 0 Å². The summed E-state index contributed by atoms with van der Waals surface area (Å²) in [6.07, 6.45) is 3.25. The van der Waals surface area contributed by atoms with E-state index in [0.29, 0.717) is 17.8 Å². The number of nitrogens with zero attached hydrogens (tertiary/aromatic N) is 1. The third-order valence-corrected chi connectivity index (χ3v) is 5.34. The third kappa shape index (κ3) is 4.17. The summed E-state index contributed by atoms with van der Waals surface area (Å²) in [6, 6.07) is 19.7. The van der Waals surface area contributed by atoms with Crippen LogP contribution in [-0.2, 0) is 11.2 Å². The Morgan fingerprint density at radius 2 is 1.70 bits per heavy atom. The van der Waals surface area contributed by atoms with Crippen molar-refractivity contribution in [1.82, 2.24) is 10.3 Å². The molecule has 152 valence electrons. The minimum atomic E-state index is -0.500. The van der Waals surface area contributed by atoms with Gasteiger partial charge in [-0.3, -0.25) is 14.4 Å². The molecule has 6 heteroatoms. The first-order valence-corrected chi connectivity index (χ1v) is 10.1. The zero-order chi connectivity index (χ0) is 20.9. The van der Waals surface area contributed by atoms with Crippen LogP contribution in [0.25, 0.3) is 0 Å². The van der Waals surface area contributed by atoms with Crippen LogP contribution in [0.2, 0.25) is 0 Å². The third-order valence-electron chi connectivity index (χ3n) is 5.34. The maximum absolute atomic E-state index is 13.2. The fourth-order valence-corrected chi connectivity index (χ4v) is 3.85. The van der Waals surface area contributed by atoms with Crippen molar-refractivity contribution in [3.8, 4) is 0 Å². The maximum atomic E-state index is 13.2. The van der Waals surface area contributed by atoms with Crippen LogP contribution in [0, 0.1) is 0 Å². The van der Waals surface area contributed by atoms with E-state index in [1.807, 2.05) is 42.5 Å². The summed E-state index contributed by atoms with van der Waals surface area (Å²) in [6.45, 7) is 0.493. The van der Waals surface area contributed by atoms with Crippen LogP contribution in [0.1, 0.15) is 40.4 Å². The van der Waals surface area contributed by atoms with Crippen molar-refractivity contribution >= 4 is 17.5 Å². The molecule has 0 aliphatic carbocycles. The van der Waals surface area contributed by atoms with Crippen molar-refractivity contribution < 1.29 is 9.59 Å². The summed E-state index contributed by atoms with van der Waals surface area (Å²) in [7, 11) is 0. The zero-order valence-electron chi connectivity index (χ0n) is 16.5. The summed E-state index contributed by atoms with van der Waals surface area (Å²) in [5.74, 6) is -0.427. The molecule has 1 aromatic heterocycles. The summed E-state index contributed by atoms with van der Waals surface area (Å²) in [5, 5.41) is 2.99. The summed E-state index contributed by atoms with van der Waals surface area (Å²) < 4.78 is 0. The van der Waals surface area contributed by atoms with Crippen LogP contribution in [0.5, 0.6) is 0 Å². The fourth-order valence-electron chi connectivity index (χ4n) is 3.85. The number of hydrogen-bond donors (Lipinski definition) is 2. The van der Waals surface area contributed by atoms with Gasteiger partial charge in [0.05, 0.1) is 12.5 Å². The molecular weight excluding hydrogens is 378 g/mol. The van der Waals surface area contributed by atoms with Gasteiger partial charge in [-0.25, -0.2) is 0 Å². The summed E-state index contributed by atoms with van der Waals surface area (Å²) >= 11 is 0. The van der Waals surface area contributed by atoms with E-state index in [4.69, 9.17) is 0 Å². The van der Waals surface area contributed by atoms with Crippen molar-refractivity contribution in [3.63, 3.8) is 0 Å².